The minimum absolute atomic E-state index is 0.0457. The van der Waals surface area contributed by atoms with Gasteiger partial charge in [0.2, 0.25) is 0 Å². The van der Waals surface area contributed by atoms with Crippen molar-refractivity contribution in [3.63, 3.8) is 0 Å². The summed E-state index contributed by atoms with van der Waals surface area (Å²) in [5, 5.41) is 7.79. The van der Waals surface area contributed by atoms with Crippen LogP contribution in [0.3, 0.4) is 0 Å². The molecule has 0 spiro atoms. The molecule has 1 aliphatic carbocycles. The number of aromatic amines is 1. The Morgan fingerprint density at radius 2 is 2.19 bits per heavy atom. The van der Waals surface area contributed by atoms with E-state index in [2.05, 4.69) is 15.4 Å². The summed E-state index contributed by atoms with van der Waals surface area (Å²) in [6, 6.07) is 0.426. The molecule has 1 saturated carbocycles. The largest absolute Gasteiger partial charge is 0.343 e. The van der Waals surface area contributed by atoms with Crippen molar-refractivity contribution < 1.29 is 0 Å². The monoisotopic (exact) mass is 222 g/mol. The number of nitrogens with one attached hydrogen (secondary N) is 2. The average molecular weight is 222 g/mol. The van der Waals surface area contributed by atoms with E-state index in [1.807, 2.05) is 0 Å². The molecule has 1 aliphatic heterocycles. The zero-order valence-electron chi connectivity index (χ0n) is 9.41. The van der Waals surface area contributed by atoms with E-state index in [9.17, 15) is 4.79 Å². The standard InChI is InChI=1S/C11H18N4O/c16-11-13-10(8-3-1-4-8)14-15(11)7-9-5-2-6-12-9/h8-9,12H,1-7H2,(H,13,14,16). The maximum atomic E-state index is 11.7. The first-order valence-corrected chi connectivity index (χ1v) is 6.23. The first-order chi connectivity index (χ1) is 7.83. The van der Waals surface area contributed by atoms with E-state index in [1.54, 1.807) is 4.68 Å². The van der Waals surface area contributed by atoms with Gasteiger partial charge in [0, 0.05) is 12.0 Å². The third-order valence-electron chi connectivity index (χ3n) is 3.75. The van der Waals surface area contributed by atoms with Crippen molar-refractivity contribution in [3.8, 4) is 0 Å². The molecule has 5 heteroatoms. The van der Waals surface area contributed by atoms with Crippen molar-refractivity contribution >= 4 is 0 Å². The normalized spacial score (nSPS) is 25.9. The first kappa shape index (κ1) is 10.1. The van der Waals surface area contributed by atoms with Gasteiger partial charge >= 0.3 is 5.69 Å². The summed E-state index contributed by atoms with van der Waals surface area (Å²) >= 11 is 0. The highest BCUT2D eigenvalue weighted by Crippen LogP contribution is 2.33. The van der Waals surface area contributed by atoms with Gasteiger partial charge in [0.15, 0.2) is 0 Å². The molecule has 1 unspecified atom stereocenters. The molecule has 0 bridgehead atoms. The van der Waals surface area contributed by atoms with Crippen molar-refractivity contribution in [1.29, 1.82) is 0 Å². The molecule has 2 N–H and O–H groups in total. The molecular formula is C11H18N4O. The van der Waals surface area contributed by atoms with E-state index in [1.165, 1.54) is 25.7 Å². The number of nitrogens with zero attached hydrogens (tertiary/aromatic N) is 2. The third-order valence-corrected chi connectivity index (χ3v) is 3.75. The second-order valence-electron chi connectivity index (χ2n) is 4.92. The Hall–Kier alpha value is -1.10. The van der Waals surface area contributed by atoms with Crippen LogP contribution in [0.1, 0.15) is 43.8 Å². The van der Waals surface area contributed by atoms with Gasteiger partial charge in [-0.3, -0.25) is 4.98 Å². The van der Waals surface area contributed by atoms with E-state index >= 15 is 0 Å². The minimum Gasteiger partial charge on any atom is -0.312 e. The van der Waals surface area contributed by atoms with Gasteiger partial charge in [0.05, 0.1) is 6.54 Å². The van der Waals surface area contributed by atoms with E-state index in [0.717, 1.165) is 18.8 Å². The van der Waals surface area contributed by atoms with Crippen LogP contribution in [-0.4, -0.2) is 27.4 Å². The van der Waals surface area contributed by atoms with Crippen LogP contribution in [0.2, 0.25) is 0 Å². The highest BCUT2D eigenvalue weighted by molar-refractivity contribution is 4.98. The second kappa shape index (κ2) is 4.05. The van der Waals surface area contributed by atoms with Crippen LogP contribution in [0, 0.1) is 0 Å². The van der Waals surface area contributed by atoms with Crippen LogP contribution < -0.4 is 11.0 Å². The van der Waals surface area contributed by atoms with Gasteiger partial charge in [-0.05, 0) is 32.2 Å². The Balaban J connectivity index is 1.73. The molecule has 1 aromatic heterocycles. The van der Waals surface area contributed by atoms with Gasteiger partial charge in [-0.25, -0.2) is 9.48 Å². The lowest BCUT2D eigenvalue weighted by atomic mass is 9.85. The van der Waals surface area contributed by atoms with Gasteiger partial charge in [-0.15, -0.1) is 0 Å². The molecular weight excluding hydrogens is 204 g/mol. The van der Waals surface area contributed by atoms with Gasteiger partial charge in [0.1, 0.15) is 5.82 Å². The van der Waals surface area contributed by atoms with Crippen LogP contribution in [0.4, 0.5) is 0 Å². The summed E-state index contributed by atoms with van der Waals surface area (Å²) in [7, 11) is 0. The molecule has 5 nitrogen and oxygen atoms in total. The van der Waals surface area contributed by atoms with E-state index in [-0.39, 0.29) is 5.69 Å². The van der Waals surface area contributed by atoms with E-state index in [0.29, 0.717) is 18.5 Å². The lowest BCUT2D eigenvalue weighted by Crippen LogP contribution is -2.31. The lowest BCUT2D eigenvalue weighted by molar-refractivity contribution is 0.394. The zero-order chi connectivity index (χ0) is 11.0. The van der Waals surface area contributed by atoms with Crippen LogP contribution in [0.5, 0.6) is 0 Å². The first-order valence-electron chi connectivity index (χ1n) is 6.23. The molecule has 2 fully saturated rings. The fourth-order valence-electron chi connectivity index (χ4n) is 2.48. The lowest BCUT2D eigenvalue weighted by Gasteiger charge is -2.22. The van der Waals surface area contributed by atoms with Crippen molar-refractivity contribution in [3.05, 3.63) is 16.3 Å². The second-order valence-corrected chi connectivity index (χ2v) is 4.92. The number of H-pyrrole nitrogens is 1. The Kier molecular flexibility index (Phi) is 2.55. The number of rotatable bonds is 3. The minimum atomic E-state index is -0.0457. The van der Waals surface area contributed by atoms with Crippen molar-refractivity contribution in [2.24, 2.45) is 0 Å². The Labute approximate surface area is 94.2 Å². The predicted molar refractivity (Wildman–Crippen MR) is 60.5 cm³/mol. The van der Waals surface area contributed by atoms with E-state index < -0.39 is 0 Å². The molecule has 0 aromatic carbocycles. The van der Waals surface area contributed by atoms with Crippen LogP contribution in [-0.2, 0) is 6.54 Å². The summed E-state index contributed by atoms with van der Waals surface area (Å²) in [4.78, 5) is 14.6. The Bertz CT molecular complexity index is 412. The average Bonchev–Trinajstić information content (AvgIpc) is 2.76. The van der Waals surface area contributed by atoms with Crippen LogP contribution >= 0.6 is 0 Å². The number of hydrogen-bond acceptors (Lipinski definition) is 3. The molecule has 2 heterocycles. The van der Waals surface area contributed by atoms with Gasteiger partial charge in [-0.1, -0.05) is 6.42 Å². The van der Waals surface area contributed by atoms with Crippen molar-refractivity contribution in [2.75, 3.05) is 6.54 Å². The topological polar surface area (TPSA) is 62.7 Å². The summed E-state index contributed by atoms with van der Waals surface area (Å²) < 4.78 is 1.59. The van der Waals surface area contributed by atoms with Crippen molar-refractivity contribution in [2.45, 2.75) is 50.6 Å². The SMILES string of the molecule is O=c1[nH]c(C2CCC2)nn1CC1CCCN1. The molecule has 1 saturated heterocycles. The fraction of sp³-hybridized carbons (Fsp3) is 0.818. The molecule has 0 amide bonds. The van der Waals surface area contributed by atoms with E-state index in [4.69, 9.17) is 0 Å². The van der Waals surface area contributed by atoms with Gasteiger partial charge in [-0.2, -0.15) is 5.10 Å². The summed E-state index contributed by atoms with van der Waals surface area (Å²) in [5.74, 6) is 1.40. The molecule has 0 radical (unpaired) electrons. The van der Waals surface area contributed by atoms with Crippen LogP contribution in [0.15, 0.2) is 4.79 Å². The zero-order valence-corrected chi connectivity index (χ0v) is 9.41. The quantitative estimate of drug-likeness (QED) is 0.787. The fourth-order valence-corrected chi connectivity index (χ4v) is 2.48. The molecule has 88 valence electrons. The molecule has 3 rings (SSSR count). The van der Waals surface area contributed by atoms with Gasteiger partial charge < -0.3 is 5.32 Å². The third kappa shape index (κ3) is 1.80. The molecule has 1 aromatic rings. The molecule has 16 heavy (non-hydrogen) atoms. The summed E-state index contributed by atoms with van der Waals surface area (Å²) in [6.07, 6.45) is 5.98. The highest BCUT2D eigenvalue weighted by Gasteiger charge is 2.24. The predicted octanol–water partition coefficient (Wildman–Crippen LogP) is 0.591. The maximum absolute atomic E-state index is 11.7. The Morgan fingerprint density at radius 3 is 2.81 bits per heavy atom. The van der Waals surface area contributed by atoms with Gasteiger partial charge in [0.25, 0.3) is 0 Å². The summed E-state index contributed by atoms with van der Waals surface area (Å²) in [5.41, 5.74) is -0.0457. The Morgan fingerprint density at radius 1 is 1.31 bits per heavy atom. The highest BCUT2D eigenvalue weighted by atomic mass is 16.1. The van der Waals surface area contributed by atoms with Crippen molar-refractivity contribution in [1.82, 2.24) is 20.1 Å². The molecule has 1 atom stereocenters. The smallest absolute Gasteiger partial charge is 0.312 e. The van der Waals surface area contributed by atoms with Crippen LogP contribution in [0.25, 0.3) is 0 Å². The summed E-state index contributed by atoms with van der Waals surface area (Å²) in [6.45, 7) is 1.78. The maximum Gasteiger partial charge on any atom is 0.343 e. The number of hydrogen-bond donors (Lipinski definition) is 2. The number of aromatic nitrogens is 3. The molecule has 2 aliphatic rings.